The molecule has 0 unspecified atom stereocenters. The van der Waals surface area contributed by atoms with Crippen LogP contribution >= 0.6 is 0 Å². The van der Waals surface area contributed by atoms with E-state index in [0.717, 1.165) is 24.6 Å². The molecule has 6 nitrogen and oxygen atoms in total. The zero-order chi connectivity index (χ0) is 13.9. The van der Waals surface area contributed by atoms with Crippen molar-refractivity contribution in [2.24, 2.45) is 0 Å². The second-order valence-corrected chi connectivity index (χ2v) is 5.13. The van der Waals surface area contributed by atoms with E-state index in [0.29, 0.717) is 11.6 Å². The van der Waals surface area contributed by atoms with Gasteiger partial charge >= 0.3 is 0 Å². The number of nitriles is 1. The third-order valence-electron chi connectivity index (χ3n) is 3.81. The summed E-state index contributed by atoms with van der Waals surface area (Å²) in [5.41, 5.74) is 1.52. The molecule has 0 amide bonds. The Labute approximate surface area is 117 Å². The maximum Gasteiger partial charge on any atom is 0.170 e. The Morgan fingerprint density at radius 1 is 1.35 bits per heavy atom. The summed E-state index contributed by atoms with van der Waals surface area (Å²) < 4.78 is 1.74. The van der Waals surface area contributed by atoms with Crippen molar-refractivity contribution in [2.45, 2.75) is 32.4 Å². The highest BCUT2D eigenvalue weighted by Gasteiger charge is 2.22. The molecule has 0 radical (unpaired) electrons. The van der Waals surface area contributed by atoms with Crippen LogP contribution in [0.2, 0.25) is 0 Å². The first kappa shape index (κ1) is 12.8. The Hall–Kier alpha value is -2.26. The SMILES string of the molecule is C[C@@H]1CCCN1Cc1nnnn1-c1ccc(C#N)cc1. The van der Waals surface area contributed by atoms with Crippen molar-refractivity contribution in [1.29, 1.82) is 5.26 Å². The largest absolute Gasteiger partial charge is 0.293 e. The van der Waals surface area contributed by atoms with E-state index in [1.165, 1.54) is 12.8 Å². The zero-order valence-electron chi connectivity index (χ0n) is 11.4. The lowest BCUT2D eigenvalue weighted by atomic mass is 10.2. The monoisotopic (exact) mass is 268 g/mol. The van der Waals surface area contributed by atoms with Crippen molar-refractivity contribution in [1.82, 2.24) is 25.1 Å². The Morgan fingerprint density at radius 3 is 2.80 bits per heavy atom. The Balaban J connectivity index is 1.84. The van der Waals surface area contributed by atoms with Crippen LogP contribution in [-0.2, 0) is 6.54 Å². The Morgan fingerprint density at radius 2 is 2.15 bits per heavy atom. The van der Waals surface area contributed by atoms with Gasteiger partial charge in [-0.1, -0.05) is 0 Å². The van der Waals surface area contributed by atoms with E-state index in [1.54, 1.807) is 16.8 Å². The van der Waals surface area contributed by atoms with Crippen LogP contribution in [0, 0.1) is 11.3 Å². The van der Waals surface area contributed by atoms with Crippen molar-refractivity contribution in [3.63, 3.8) is 0 Å². The summed E-state index contributed by atoms with van der Waals surface area (Å²) in [5.74, 6) is 0.837. The van der Waals surface area contributed by atoms with Crippen molar-refractivity contribution >= 4 is 0 Å². The molecule has 1 aromatic carbocycles. The summed E-state index contributed by atoms with van der Waals surface area (Å²) in [6, 6.07) is 9.98. The van der Waals surface area contributed by atoms with Gasteiger partial charge in [0.15, 0.2) is 5.82 Å². The van der Waals surface area contributed by atoms with Gasteiger partial charge in [0.25, 0.3) is 0 Å². The van der Waals surface area contributed by atoms with Gasteiger partial charge in [0.2, 0.25) is 0 Å². The van der Waals surface area contributed by atoms with Gasteiger partial charge in [-0.3, -0.25) is 4.90 Å². The molecule has 0 spiro atoms. The number of aromatic nitrogens is 4. The van der Waals surface area contributed by atoms with Crippen LogP contribution in [0.25, 0.3) is 5.69 Å². The lowest BCUT2D eigenvalue weighted by molar-refractivity contribution is 0.251. The third-order valence-corrected chi connectivity index (χ3v) is 3.81. The second-order valence-electron chi connectivity index (χ2n) is 5.13. The Bertz CT molecular complexity index is 624. The number of hydrogen-bond donors (Lipinski definition) is 0. The number of nitrogens with zero attached hydrogens (tertiary/aromatic N) is 6. The number of tetrazole rings is 1. The van der Waals surface area contributed by atoms with Gasteiger partial charge in [-0.2, -0.15) is 9.94 Å². The molecule has 1 saturated heterocycles. The molecular formula is C14H16N6. The minimum absolute atomic E-state index is 0.584. The summed E-state index contributed by atoms with van der Waals surface area (Å²) in [6.45, 7) is 4.10. The second kappa shape index (κ2) is 5.39. The molecule has 0 bridgehead atoms. The third kappa shape index (κ3) is 2.40. The van der Waals surface area contributed by atoms with Crippen LogP contribution in [0.1, 0.15) is 31.2 Å². The van der Waals surface area contributed by atoms with Gasteiger partial charge in [-0.25, -0.2) is 0 Å². The fourth-order valence-corrected chi connectivity index (χ4v) is 2.59. The van der Waals surface area contributed by atoms with E-state index in [-0.39, 0.29) is 0 Å². The molecule has 0 saturated carbocycles. The molecule has 0 aliphatic carbocycles. The standard InChI is InChI=1S/C14H16N6/c1-11-3-2-8-19(11)10-14-16-17-18-20(14)13-6-4-12(9-15)5-7-13/h4-7,11H,2-3,8,10H2,1H3/t11-/m1/s1. The van der Waals surface area contributed by atoms with Gasteiger partial charge < -0.3 is 0 Å². The average molecular weight is 268 g/mol. The summed E-state index contributed by atoms with van der Waals surface area (Å²) in [6.07, 6.45) is 2.47. The first-order valence-corrected chi connectivity index (χ1v) is 6.80. The highest BCUT2D eigenvalue weighted by molar-refractivity contribution is 5.38. The molecular weight excluding hydrogens is 252 g/mol. The zero-order valence-corrected chi connectivity index (χ0v) is 11.4. The maximum atomic E-state index is 8.83. The minimum Gasteiger partial charge on any atom is -0.293 e. The lowest BCUT2D eigenvalue weighted by Gasteiger charge is -2.19. The predicted molar refractivity (Wildman–Crippen MR) is 73.0 cm³/mol. The van der Waals surface area contributed by atoms with Crippen molar-refractivity contribution in [3.05, 3.63) is 35.7 Å². The molecule has 1 aliphatic heterocycles. The van der Waals surface area contributed by atoms with Gasteiger partial charge in [-0.15, -0.1) is 5.10 Å². The highest BCUT2D eigenvalue weighted by atomic mass is 15.5. The molecule has 102 valence electrons. The van der Waals surface area contributed by atoms with Crippen molar-refractivity contribution < 1.29 is 0 Å². The smallest absolute Gasteiger partial charge is 0.170 e. The fraction of sp³-hybridized carbons (Fsp3) is 0.429. The molecule has 1 aromatic heterocycles. The topological polar surface area (TPSA) is 70.6 Å². The van der Waals surface area contributed by atoms with Crippen molar-refractivity contribution in [3.8, 4) is 11.8 Å². The van der Waals surface area contributed by atoms with E-state index in [4.69, 9.17) is 5.26 Å². The van der Waals surface area contributed by atoms with Crippen LogP contribution in [0.15, 0.2) is 24.3 Å². The van der Waals surface area contributed by atoms with Crippen LogP contribution in [0.4, 0.5) is 0 Å². The molecule has 1 fully saturated rings. The van der Waals surface area contributed by atoms with Crippen LogP contribution in [-0.4, -0.2) is 37.7 Å². The van der Waals surface area contributed by atoms with E-state index in [1.807, 2.05) is 12.1 Å². The number of benzene rings is 1. The summed E-state index contributed by atoms with van der Waals surface area (Å²) in [4.78, 5) is 2.39. The predicted octanol–water partition coefficient (Wildman–Crippen LogP) is 1.52. The van der Waals surface area contributed by atoms with Crippen LogP contribution in [0.3, 0.4) is 0 Å². The molecule has 1 atom stereocenters. The lowest BCUT2D eigenvalue weighted by Crippen LogP contribution is -2.27. The fourth-order valence-electron chi connectivity index (χ4n) is 2.59. The molecule has 0 N–H and O–H groups in total. The normalized spacial score (nSPS) is 19.1. The van der Waals surface area contributed by atoms with Gasteiger partial charge in [0.1, 0.15) is 0 Å². The van der Waals surface area contributed by atoms with Gasteiger partial charge in [0.05, 0.1) is 23.9 Å². The molecule has 3 rings (SSSR count). The molecule has 2 aromatic rings. The summed E-state index contributed by atoms with van der Waals surface area (Å²) in [7, 11) is 0. The quantitative estimate of drug-likeness (QED) is 0.844. The molecule has 1 aliphatic rings. The Kier molecular flexibility index (Phi) is 3.44. The maximum absolute atomic E-state index is 8.83. The van der Waals surface area contributed by atoms with Gasteiger partial charge in [0, 0.05) is 6.04 Å². The minimum atomic E-state index is 0.584. The molecule has 6 heteroatoms. The first-order chi connectivity index (χ1) is 9.78. The summed E-state index contributed by atoms with van der Waals surface area (Å²) >= 11 is 0. The van der Waals surface area contributed by atoms with E-state index in [2.05, 4.69) is 33.4 Å². The molecule has 20 heavy (non-hydrogen) atoms. The summed E-state index contributed by atoms with van der Waals surface area (Å²) in [5, 5.41) is 20.8. The van der Waals surface area contributed by atoms with Crippen LogP contribution < -0.4 is 0 Å². The number of likely N-dealkylation sites (tertiary alicyclic amines) is 1. The molecule has 2 heterocycles. The van der Waals surface area contributed by atoms with E-state index >= 15 is 0 Å². The van der Waals surface area contributed by atoms with Gasteiger partial charge in [-0.05, 0) is 61.0 Å². The number of hydrogen-bond acceptors (Lipinski definition) is 5. The van der Waals surface area contributed by atoms with Crippen molar-refractivity contribution in [2.75, 3.05) is 6.54 Å². The van der Waals surface area contributed by atoms with E-state index in [9.17, 15) is 0 Å². The average Bonchev–Trinajstić information content (AvgIpc) is 3.09. The first-order valence-electron chi connectivity index (χ1n) is 6.80. The van der Waals surface area contributed by atoms with Crippen LogP contribution in [0.5, 0.6) is 0 Å². The van der Waals surface area contributed by atoms with E-state index < -0.39 is 0 Å². The highest BCUT2D eigenvalue weighted by Crippen LogP contribution is 2.19. The number of rotatable bonds is 3.